The van der Waals surface area contributed by atoms with Crippen LogP contribution in [0.15, 0.2) is 30.6 Å². The Morgan fingerprint density at radius 1 is 1.41 bits per heavy atom. The van der Waals surface area contributed by atoms with Crippen LogP contribution in [0.4, 0.5) is 5.69 Å². The molecule has 0 aliphatic rings. The van der Waals surface area contributed by atoms with E-state index in [0.29, 0.717) is 12.3 Å². The van der Waals surface area contributed by atoms with Gasteiger partial charge in [0.25, 0.3) is 0 Å². The first-order chi connectivity index (χ1) is 8.29. The van der Waals surface area contributed by atoms with Gasteiger partial charge in [0, 0.05) is 18.3 Å². The van der Waals surface area contributed by atoms with Crippen molar-refractivity contribution in [3.63, 3.8) is 0 Å². The molecule has 0 atom stereocenters. The van der Waals surface area contributed by atoms with Crippen molar-refractivity contribution in [1.29, 1.82) is 0 Å². The van der Waals surface area contributed by atoms with Crippen molar-refractivity contribution in [1.82, 2.24) is 14.8 Å². The second kappa shape index (κ2) is 5.34. The van der Waals surface area contributed by atoms with Crippen LogP contribution in [0.3, 0.4) is 0 Å². The molecule has 1 aromatic carbocycles. The van der Waals surface area contributed by atoms with Crippen LogP contribution in [0.1, 0.15) is 19.2 Å². The van der Waals surface area contributed by atoms with Gasteiger partial charge in [-0.25, -0.2) is 9.67 Å². The molecule has 0 aliphatic carbocycles. The Morgan fingerprint density at radius 3 is 3.06 bits per heavy atom. The van der Waals surface area contributed by atoms with Gasteiger partial charge in [0.05, 0.1) is 0 Å². The molecule has 0 aliphatic heterocycles. The molecule has 0 bridgehead atoms. The minimum absolute atomic E-state index is 0.406. The van der Waals surface area contributed by atoms with Gasteiger partial charge in [-0.1, -0.05) is 13.0 Å². The summed E-state index contributed by atoms with van der Waals surface area (Å²) in [5.74, 6) is 1.57. The van der Waals surface area contributed by atoms with Crippen molar-refractivity contribution < 1.29 is 4.74 Å². The van der Waals surface area contributed by atoms with Crippen LogP contribution in [-0.4, -0.2) is 14.8 Å². The second-order valence-corrected chi connectivity index (χ2v) is 3.76. The standard InChI is InChI=1S/C12H16N4O/c1-2-6-16-12(14-9-15-16)8-17-11-5-3-4-10(13)7-11/h3-5,7,9H,2,6,8,13H2,1H3. The molecule has 0 radical (unpaired) electrons. The fraction of sp³-hybridized carbons (Fsp3) is 0.333. The van der Waals surface area contributed by atoms with E-state index in [9.17, 15) is 0 Å². The number of rotatable bonds is 5. The van der Waals surface area contributed by atoms with Crippen LogP contribution >= 0.6 is 0 Å². The maximum Gasteiger partial charge on any atom is 0.164 e. The first-order valence-corrected chi connectivity index (χ1v) is 5.64. The molecule has 2 N–H and O–H groups in total. The first kappa shape index (κ1) is 11.4. The quantitative estimate of drug-likeness (QED) is 0.799. The SMILES string of the molecule is CCCn1ncnc1COc1cccc(N)c1. The molecule has 5 heteroatoms. The largest absolute Gasteiger partial charge is 0.486 e. The van der Waals surface area contributed by atoms with E-state index in [1.165, 1.54) is 0 Å². The molecule has 2 aromatic rings. The molecule has 17 heavy (non-hydrogen) atoms. The van der Waals surface area contributed by atoms with Crippen molar-refractivity contribution in [2.24, 2.45) is 0 Å². The Labute approximate surface area is 100 Å². The minimum atomic E-state index is 0.406. The molecule has 0 amide bonds. The fourth-order valence-electron chi connectivity index (χ4n) is 1.55. The molecular formula is C12H16N4O. The lowest BCUT2D eigenvalue weighted by molar-refractivity contribution is 0.286. The number of hydrogen-bond donors (Lipinski definition) is 1. The highest BCUT2D eigenvalue weighted by Gasteiger charge is 2.04. The third kappa shape index (κ3) is 2.96. The normalized spacial score (nSPS) is 10.4. The van der Waals surface area contributed by atoms with Crippen molar-refractivity contribution in [3.05, 3.63) is 36.4 Å². The summed E-state index contributed by atoms with van der Waals surface area (Å²) in [4.78, 5) is 4.17. The van der Waals surface area contributed by atoms with E-state index >= 15 is 0 Å². The van der Waals surface area contributed by atoms with Crippen molar-refractivity contribution in [2.45, 2.75) is 26.5 Å². The average molecular weight is 232 g/mol. The number of ether oxygens (including phenoxy) is 1. The molecule has 0 fully saturated rings. The van der Waals surface area contributed by atoms with E-state index in [1.807, 2.05) is 22.9 Å². The molecule has 1 aromatic heterocycles. The smallest absolute Gasteiger partial charge is 0.164 e. The molecule has 0 unspecified atom stereocenters. The van der Waals surface area contributed by atoms with Crippen LogP contribution < -0.4 is 10.5 Å². The van der Waals surface area contributed by atoms with Gasteiger partial charge in [-0.05, 0) is 18.6 Å². The van der Waals surface area contributed by atoms with E-state index in [-0.39, 0.29) is 0 Å². The number of nitrogens with two attached hydrogens (primary N) is 1. The number of aromatic nitrogens is 3. The summed E-state index contributed by atoms with van der Waals surface area (Å²) in [6.45, 7) is 3.36. The van der Waals surface area contributed by atoms with Gasteiger partial charge in [0.1, 0.15) is 18.7 Å². The number of nitrogen functional groups attached to an aromatic ring is 1. The zero-order valence-electron chi connectivity index (χ0n) is 9.84. The van der Waals surface area contributed by atoms with Gasteiger partial charge in [-0.2, -0.15) is 5.10 Å². The second-order valence-electron chi connectivity index (χ2n) is 3.76. The van der Waals surface area contributed by atoms with Gasteiger partial charge >= 0.3 is 0 Å². The third-order valence-electron chi connectivity index (χ3n) is 2.36. The lowest BCUT2D eigenvalue weighted by atomic mass is 10.3. The highest BCUT2D eigenvalue weighted by Crippen LogP contribution is 2.15. The number of benzene rings is 1. The highest BCUT2D eigenvalue weighted by atomic mass is 16.5. The van der Waals surface area contributed by atoms with Crippen LogP contribution in [0.2, 0.25) is 0 Å². The monoisotopic (exact) mass is 232 g/mol. The zero-order chi connectivity index (χ0) is 12.1. The van der Waals surface area contributed by atoms with E-state index in [4.69, 9.17) is 10.5 Å². The zero-order valence-corrected chi connectivity index (χ0v) is 9.84. The Bertz CT molecular complexity index is 481. The van der Waals surface area contributed by atoms with Crippen LogP contribution in [0, 0.1) is 0 Å². The summed E-state index contributed by atoms with van der Waals surface area (Å²) in [6.07, 6.45) is 2.57. The summed E-state index contributed by atoms with van der Waals surface area (Å²) in [7, 11) is 0. The van der Waals surface area contributed by atoms with Crippen LogP contribution in [0.25, 0.3) is 0 Å². The number of hydrogen-bond acceptors (Lipinski definition) is 4. The Kier molecular flexibility index (Phi) is 3.59. The van der Waals surface area contributed by atoms with Gasteiger partial charge in [-0.3, -0.25) is 0 Å². The maximum atomic E-state index is 5.67. The summed E-state index contributed by atoms with van der Waals surface area (Å²) >= 11 is 0. The van der Waals surface area contributed by atoms with Crippen LogP contribution in [0.5, 0.6) is 5.75 Å². The van der Waals surface area contributed by atoms with E-state index in [0.717, 1.165) is 24.5 Å². The molecular weight excluding hydrogens is 216 g/mol. The van der Waals surface area contributed by atoms with Crippen molar-refractivity contribution in [2.75, 3.05) is 5.73 Å². The number of anilines is 1. The van der Waals surface area contributed by atoms with Crippen molar-refractivity contribution >= 4 is 5.69 Å². The maximum absolute atomic E-state index is 5.67. The van der Waals surface area contributed by atoms with Crippen LogP contribution in [-0.2, 0) is 13.2 Å². The molecule has 5 nitrogen and oxygen atoms in total. The summed E-state index contributed by atoms with van der Waals surface area (Å²) in [5, 5.41) is 4.14. The lowest BCUT2D eigenvalue weighted by Crippen LogP contribution is -2.08. The summed E-state index contributed by atoms with van der Waals surface area (Å²) in [6, 6.07) is 7.35. The number of nitrogens with zero attached hydrogens (tertiary/aromatic N) is 3. The third-order valence-corrected chi connectivity index (χ3v) is 2.36. The Morgan fingerprint density at radius 2 is 2.29 bits per heavy atom. The summed E-state index contributed by atoms with van der Waals surface area (Å²) in [5.41, 5.74) is 6.36. The molecule has 2 rings (SSSR count). The topological polar surface area (TPSA) is 66.0 Å². The minimum Gasteiger partial charge on any atom is -0.486 e. The Hall–Kier alpha value is -2.04. The first-order valence-electron chi connectivity index (χ1n) is 5.64. The molecule has 1 heterocycles. The van der Waals surface area contributed by atoms with Crippen molar-refractivity contribution in [3.8, 4) is 5.75 Å². The van der Waals surface area contributed by atoms with Gasteiger partial charge in [0.2, 0.25) is 0 Å². The van der Waals surface area contributed by atoms with E-state index in [2.05, 4.69) is 17.0 Å². The molecule has 0 saturated carbocycles. The predicted octanol–water partition coefficient (Wildman–Crippen LogP) is 1.85. The predicted molar refractivity (Wildman–Crippen MR) is 65.5 cm³/mol. The fourth-order valence-corrected chi connectivity index (χ4v) is 1.55. The highest BCUT2D eigenvalue weighted by molar-refractivity contribution is 5.43. The molecule has 90 valence electrons. The number of aryl methyl sites for hydroxylation is 1. The molecule has 0 saturated heterocycles. The van der Waals surface area contributed by atoms with Gasteiger partial charge < -0.3 is 10.5 Å². The van der Waals surface area contributed by atoms with E-state index < -0.39 is 0 Å². The Balaban J connectivity index is 1.99. The van der Waals surface area contributed by atoms with E-state index in [1.54, 1.807) is 12.4 Å². The van der Waals surface area contributed by atoms with Gasteiger partial charge in [-0.15, -0.1) is 0 Å². The average Bonchev–Trinajstić information content (AvgIpc) is 2.75. The van der Waals surface area contributed by atoms with Gasteiger partial charge in [0.15, 0.2) is 5.82 Å². The summed E-state index contributed by atoms with van der Waals surface area (Å²) < 4.78 is 7.47. The molecule has 0 spiro atoms. The lowest BCUT2D eigenvalue weighted by Gasteiger charge is -2.07.